The summed E-state index contributed by atoms with van der Waals surface area (Å²) >= 11 is 1.34. The number of nitrogens with one attached hydrogen (secondary N) is 2. The predicted molar refractivity (Wildman–Crippen MR) is 110 cm³/mol. The fraction of sp³-hybridized carbons (Fsp3) is 0.250. The van der Waals surface area contributed by atoms with Crippen LogP contribution >= 0.6 is 11.3 Å². The molecule has 0 fully saturated rings. The van der Waals surface area contributed by atoms with E-state index in [1.165, 1.54) is 17.6 Å². The number of aliphatic carboxylic acids is 1. The van der Waals surface area contributed by atoms with Crippen LogP contribution in [0.1, 0.15) is 34.4 Å². The average molecular weight is 426 g/mol. The van der Waals surface area contributed by atoms with Gasteiger partial charge in [0, 0.05) is 4.88 Å². The maximum Gasteiger partial charge on any atom is 0.341 e. The molecule has 3 N–H and O–H groups in total. The molecule has 0 unspecified atom stereocenters. The summed E-state index contributed by atoms with van der Waals surface area (Å²) in [4.78, 5) is 35.7. The van der Waals surface area contributed by atoms with Gasteiger partial charge in [-0.2, -0.15) is 10.4 Å². The zero-order chi connectivity index (χ0) is 21.5. The van der Waals surface area contributed by atoms with Crippen molar-refractivity contribution < 1.29 is 24.2 Å². The second-order valence-corrected chi connectivity index (χ2v) is 7.54. The van der Waals surface area contributed by atoms with Crippen molar-refractivity contribution in [2.45, 2.75) is 25.7 Å². The highest BCUT2D eigenvalue weighted by Gasteiger charge is 2.23. The lowest BCUT2D eigenvalue weighted by molar-refractivity contribution is -0.139. The number of hydrogen-bond acceptors (Lipinski definition) is 7. The number of nitriles is 1. The number of hydrazone groups is 1. The standard InChI is InChI=1S/C20H18N4O5S/c21-9-15-14-3-1-2-4-16(14)30-20(15)23-18(27)19(28)24-22-10-12-5-7-13(8-6-12)29-11-17(25)26/h5-8,10H,1-4,11H2,(H,23,27)(H,24,28)(H,25,26). The topological polar surface area (TPSA) is 141 Å². The van der Waals surface area contributed by atoms with E-state index in [0.29, 0.717) is 21.9 Å². The SMILES string of the molecule is N#Cc1c(NC(=O)C(=O)NN=Cc2ccc(OCC(=O)O)cc2)sc2c1CCCC2. The van der Waals surface area contributed by atoms with Crippen molar-refractivity contribution in [3.63, 3.8) is 0 Å². The lowest BCUT2D eigenvalue weighted by Gasteiger charge is -2.09. The Hall–Kier alpha value is -3.71. The van der Waals surface area contributed by atoms with E-state index in [0.717, 1.165) is 36.1 Å². The van der Waals surface area contributed by atoms with Gasteiger partial charge in [-0.25, -0.2) is 10.2 Å². The molecule has 1 aliphatic carbocycles. The van der Waals surface area contributed by atoms with E-state index >= 15 is 0 Å². The van der Waals surface area contributed by atoms with Crippen molar-refractivity contribution >= 4 is 40.3 Å². The fourth-order valence-electron chi connectivity index (χ4n) is 2.94. The molecule has 30 heavy (non-hydrogen) atoms. The van der Waals surface area contributed by atoms with E-state index in [1.807, 2.05) is 0 Å². The lowest BCUT2D eigenvalue weighted by Crippen LogP contribution is -2.32. The Balaban J connectivity index is 1.55. The summed E-state index contributed by atoms with van der Waals surface area (Å²) in [7, 11) is 0. The number of carbonyl (C=O) groups excluding carboxylic acids is 2. The molecule has 0 aliphatic heterocycles. The molecule has 3 rings (SSSR count). The van der Waals surface area contributed by atoms with E-state index in [1.54, 1.807) is 24.3 Å². The van der Waals surface area contributed by atoms with Gasteiger partial charge in [-0.3, -0.25) is 9.59 Å². The minimum Gasteiger partial charge on any atom is -0.482 e. The van der Waals surface area contributed by atoms with Crippen LogP contribution in [0.2, 0.25) is 0 Å². The van der Waals surface area contributed by atoms with Crippen LogP contribution in [-0.4, -0.2) is 35.7 Å². The number of hydrogen-bond donors (Lipinski definition) is 3. The highest BCUT2D eigenvalue weighted by molar-refractivity contribution is 7.16. The van der Waals surface area contributed by atoms with Crippen LogP contribution in [0.15, 0.2) is 29.4 Å². The van der Waals surface area contributed by atoms with Crippen molar-refractivity contribution in [2.24, 2.45) is 5.10 Å². The molecular weight excluding hydrogens is 408 g/mol. The lowest BCUT2D eigenvalue weighted by atomic mass is 9.96. The van der Waals surface area contributed by atoms with E-state index in [4.69, 9.17) is 9.84 Å². The molecule has 0 spiro atoms. The van der Waals surface area contributed by atoms with Crippen molar-refractivity contribution in [1.29, 1.82) is 5.26 Å². The Labute approximate surface area is 176 Å². The van der Waals surface area contributed by atoms with Crippen molar-refractivity contribution in [3.05, 3.63) is 45.8 Å². The Kier molecular flexibility index (Phi) is 6.77. The van der Waals surface area contributed by atoms with E-state index < -0.39 is 24.4 Å². The number of anilines is 1. The zero-order valence-electron chi connectivity index (χ0n) is 15.8. The van der Waals surface area contributed by atoms with Crippen molar-refractivity contribution in [1.82, 2.24) is 5.43 Å². The number of nitrogens with zero attached hydrogens (tertiary/aromatic N) is 2. The normalized spacial score (nSPS) is 12.6. The summed E-state index contributed by atoms with van der Waals surface area (Å²) < 4.78 is 5.01. The molecule has 0 bridgehead atoms. The maximum atomic E-state index is 12.1. The molecule has 1 aromatic carbocycles. The quantitative estimate of drug-likeness (QED) is 0.367. The molecule has 9 nitrogen and oxygen atoms in total. The molecule has 0 atom stereocenters. The first-order valence-electron chi connectivity index (χ1n) is 9.11. The van der Waals surface area contributed by atoms with Crippen LogP contribution < -0.4 is 15.5 Å². The number of carboxylic acids is 1. The summed E-state index contributed by atoms with van der Waals surface area (Å²) in [6.07, 6.45) is 5.07. The van der Waals surface area contributed by atoms with Crippen LogP contribution in [0.3, 0.4) is 0 Å². The molecule has 1 aromatic heterocycles. The number of fused-ring (bicyclic) bond motifs is 1. The first-order chi connectivity index (χ1) is 14.5. The molecule has 2 amide bonds. The van der Waals surface area contributed by atoms with Crippen LogP contribution in [0.5, 0.6) is 5.75 Å². The van der Waals surface area contributed by atoms with Crippen LogP contribution in [-0.2, 0) is 27.2 Å². The number of amides is 2. The Bertz CT molecular complexity index is 1040. The molecule has 2 aromatic rings. The highest BCUT2D eigenvalue weighted by Crippen LogP contribution is 2.37. The number of thiophene rings is 1. The Morgan fingerprint density at radius 1 is 1.20 bits per heavy atom. The van der Waals surface area contributed by atoms with Gasteiger partial charge in [0.25, 0.3) is 0 Å². The minimum absolute atomic E-state index is 0.380. The summed E-state index contributed by atoms with van der Waals surface area (Å²) in [5.74, 6) is -2.56. The number of carboxylic acid groups (broad SMARTS) is 1. The van der Waals surface area contributed by atoms with Crippen LogP contribution in [0, 0.1) is 11.3 Å². The van der Waals surface area contributed by atoms with E-state index in [9.17, 15) is 19.6 Å². The minimum atomic E-state index is -1.08. The summed E-state index contributed by atoms with van der Waals surface area (Å²) in [6, 6.07) is 8.46. The monoisotopic (exact) mass is 426 g/mol. The van der Waals surface area contributed by atoms with Gasteiger partial charge in [0.05, 0.1) is 11.8 Å². The molecule has 154 valence electrons. The van der Waals surface area contributed by atoms with Gasteiger partial charge < -0.3 is 15.2 Å². The number of ether oxygens (including phenoxy) is 1. The van der Waals surface area contributed by atoms with Gasteiger partial charge in [0.1, 0.15) is 16.8 Å². The highest BCUT2D eigenvalue weighted by atomic mass is 32.1. The van der Waals surface area contributed by atoms with Gasteiger partial charge >= 0.3 is 17.8 Å². The summed E-state index contributed by atoms with van der Waals surface area (Å²) in [5.41, 5.74) is 4.15. The number of benzene rings is 1. The first kappa shape index (κ1) is 21.0. The Morgan fingerprint density at radius 2 is 1.93 bits per heavy atom. The van der Waals surface area contributed by atoms with Gasteiger partial charge in [-0.1, -0.05) is 0 Å². The van der Waals surface area contributed by atoms with E-state index in [-0.39, 0.29) is 0 Å². The number of rotatable bonds is 6. The smallest absolute Gasteiger partial charge is 0.341 e. The van der Waals surface area contributed by atoms with E-state index in [2.05, 4.69) is 21.9 Å². The van der Waals surface area contributed by atoms with Gasteiger partial charge in [0.15, 0.2) is 6.61 Å². The number of aryl methyl sites for hydroxylation is 1. The molecular formula is C20H18N4O5S. The van der Waals surface area contributed by atoms with Crippen molar-refractivity contribution in [2.75, 3.05) is 11.9 Å². The maximum absolute atomic E-state index is 12.1. The second kappa shape index (κ2) is 9.67. The predicted octanol–water partition coefficient (Wildman–Crippen LogP) is 2.05. The van der Waals surface area contributed by atoms with Crippen LogP contribution in [0.4, 0.5) is 5.00 Å². The molecule has 0 radical (unpaired) electrons. The second-order valence-electron chi connectivity index (χ2n) is 6.43. The fourth-order valence-corrected chi connectivity index (χ4v) is 4.18. The summed E-state index contributed by atoms with van der Waals surface area (Å²) in [5, 5.41) is 24.6. The first-order valence-corrected chi connectivity index (χ1v) is 9.93. The zero-order valence-corrected chi connectivity index (χ0v) is 16.6. The molecule has 0 saturated carbocycles. The molecule has 1 heterocycles. The third kappa shape index (κ3) is 5.21. The molecule has 0 saturated heterocycles. The average Bonchev–Trinajstić information content (AvgIpc) is 3.09. The van der Waals surface area contributed by atoms with Crippen LogP contribution in [0.25, 0.3) is 0 Å². The third-order valence-corrected chi connectivity index (χ3v) is 5.55. The third-order valence-electron chi connectivity index (χ3n) is 4.34. The largest absolute Gasteiger partial charge is 0.482 e. The molecule has 10 heteroatoms. The van der Waals surface area contributed by atoms with Gasteiger partial charge in [-0.15, -0.1) is 11.3 Å². The summed E-state index contributed by atoms with van der Waals surface area (Å²) in [6.45, 7) is -0.445. The molecule has 1 aliphatic rings. The van der Waals surface area contributed by atoms with Gasteiger partial charge in [0.2, 0.25) is 0 Å². The van der Waals surface area contributed by atoms with Gasteiger partial charge in [-0.05, 0) is 61.1 Å². The van der Waals surface area contributed by atoms with Crippen molar-refractivity contribution in [3.8, 4) is 11.8 Å². The number of carbonyl (C=O) groups is 3. The Morgan fingerprint density at radius 3 is 2.63 bits per heavy atom.